The van der Waals surface area contributed by atoms with Crippen molar-refractivity contribution in [3.8, 4) is 0 Å². The quantitative estimate of drug-likeness (QED) is 0.596. The SMILES string of the molecule is CCOC(=O)CN1C(=S)C(c2ccccc2F)Sc2ccccc21. The molecule has 0 spiro atoms. The molecule has 1 heterocycles. The second-order valence-electron chi connectivity index (χ2n) is 5.22. The number of thioether (sulfide) groups is 1. The Bertz CT molecular complexity index is 781. The van der Waals surface area contributed by atoms with E-state index in [0.29, 0.717) is 17.2 Å². The molecule has 1 unspecified atom stereocenters. The van der Waals surface area contributed by atoms with Crippen LogP contribution in [0.5, 0.6) is 0 Å². The third-order valence-electron chi connectivity index (χ3n) is 3.67. The van der Waals surface area contributed by atoms with Crippen molar-refractivity contribution in [2.75, 3.05) is 18.1 Å². The van der Waals surface area contributed by atoms with E-state index in [9.17, 15) is 9.18 Å². The topological polar surface area (TPSA) is 29.5 Å². The zero-order chi connectivity index (χ0) is 17.1. The molecule has 1 aliphatic heterocycles. The van der Waals surface area contributed by atoms with E-state index in [-0.39, 0.29) is 23.6 Å². The predicted octanol–water partition coefficient (Wildman–Crippen LogP) is 4.37. The second kappa shape index (κ2) is 7.32. The van der Waals surface area contributed by atoms with Crippen LogP contribution in [0.25, 0.3) is 0 Å². The highest BCUT2D eigenvalue weighted by atomic mass is 32.2. The van der Waals surface area contributed by atoms with Gasteiger partial charge in [-0.2, -0.15) is 0 Å². The van der Waals surface area contributed by atoms with Gasteiger partial charge in [0, 0.05) is 10.5 Å². The minimum Gasteiger partial charge on any atom is -0.465 e. The monoisotopic (exact) mass is 361 g/mol. The van der Waals surface area contributed by atoms with Crippen molar-refractivity contribution in [1.82, 2.24) is 0 Å². The standard InChI is InChI=1S/C18H16FNO2S2/c1-2-22-16(21)11-20-14-9-5-6-10-15(14)24-17(18(20)23)12-7-3-4-8-13(12)19/h3-10,17H,2,11H2,1H3. The van der Waals surface area contributed by atoms with Crippen LogP contribution >= 0.6 is 24.0 Å². The molecule has 0 aromatic heterocycles. The Morgan fingerprint density at radius 1 is 1.25 bits per heavy atom. The van der Waals surface area contributed by atoms with Crippen LogP contribution in [0.15, 0.2) is 53.4 Å². The Morgan fingerprint density at radius 3 is 2.71 bits per heavy atom. The Balaban J connectivity index is 2.00. The summed E-state index contributed by atoms with van der Waals surface area (Å²) in [7, 11) is 0. The molecule has 0 N–H and O–H groups in total. The molecule has 124 valence electrons. The zero-order valence-electron chi connectivity index (χ0n) is 13.1. The molecule has 1 aliphatic rings. The van der Waals surface area contributed by atoms with E-state index in [1.54, 1.807) is 30.0 Å². The Morgan fingerprint density at radius 2 is 1.96 bits per heavy atom. The number of ether oxygens (including phenoxy) is 1. The maximum absolute atomic E-state index is 14.3. The predicted molar refractivity (Wildman–Crippen MR) is 98.0 cm³/mol. The fourth-order valence-corrected chi connectivity index (χ4v) is 4.29. The van der Waals surface area contributed by atoms with Gasteiger partial charge in [0.25, 0.3) is 0 Å². The smallest absolute Gasteiger partial charge is 0.325 e. The van der Waals surface area contributed by atoms with Gasteiger partial charge in [-0.05, 0) is 25.1 Å². The number of benzene rings is 2. The van der Waals surface area contributed by atoms with E-state index < -0.39 is 0 Å². The number of hydrogen-bond acceptors (Lipinski definition) is 4. The van der Waals surface area contributed by atoms with Gasteiger partial charge in [0.15, 0.2) is 0 Å². The van der Waals surface area contributed by atoms with Crippen LogP contribution in [0.3, 0.4) is 0 Å². The van der Waals surface area contributed by atoms with Crippen LogP contribution in [0, 0.1) is 5.82 Å². The van der Waals surface area contributed by atoms with Crippen molar-refractivity contribution in [1.29, 1.82) is 0 Å². The highest BCUT2D eigenvalue weighted by molar-refractivity contribution is 8.01. The van der Waals surface area contributed by atoms with Gasteiger partial charge in [0.1, 0.15) is 17.4 Å². The van der Waals surface area contributed by atoms with Crippen molar-refractivity contribution in [3.05, 3.63) is 59.9 Å². The number of carbonyl (C=O) groups is 1. The molecule has 6 heteroatoms. The second-order valence-corrected chi connectivity index (χ2v) is 6.78. The third kappa shape index (κ3) is 3.30. The Labute approximate surface area is 149 Å². The van der Waals surface area contributed by atoms with Crippen LogP contribution in [-0.4, -0.2) is 24.1 Å². The van der Waals surface area contributed by atoms with Gasteiger partial charge in [-0.1, -0.05) is 42.5 Å². The van der Waals surface area contributed by atoms with Crippen molar-refractivity contribution in [3.63, 3.8) is 0 Å². The van der Waals surface area contributed by atoms with Gasteiger partial charge >= 0.3 is 5.97 Å². The summed E-state index contributed by atoms with van der Waals surface area (Å²) in [5.74, 6) is -0.651. The van der Waals surface area contributed by atoms with Gasteiger partial charge in [-0.3, -0.25) is 4.79 Å². The lowest BCUT2D eigenvalue weighted by Gasteiger charge is -2.35. The first-order valence-electron chi connectivity index (χ1n) is 7.59. The summed E-state index contributed by atoms with van der Waals surface area (Å²) in [5.41, 5.74) is 1.38. The van der Waals surface area contributed by atoms with E-state index in [1.165, 1.54) is 17.8 Å². The highest BCUT2D eigenvalue weighted by Crippen LogP contribution is 2.47. The van der Waals surface area contributed by atoms with Gasteiger partial charge in [-0.25, -0.2) is 4.39 Å². The summed E-state index contributed by atoms with van der Waals surface area (Å²) >= 11 is 7.10. The number of anilines is 1. The van der Waals surface area contributed by atoms with E-state index in [0.717, 1.165) is 10.6 Å². The third-order valence-corrected chi connectivity index (χ3v) is 5.59. The number of carbonyl (C=O) groups excluding carboxylic acids is 1. The summed E-state index contributed by atoms with van der Waals surface area (Å²) in [6, 6.07) is 14.3. The molecule has 1 atom stereocenters. The summed E-state index contributed by atoms with van der Waals surface area (Å²) in [5, 5.41) is -0.356. The first-order chi connectivity index (χ1) is 11.6. The van der Waals surface area contributed by atoms with Crippen molar-refractivity contribution < 1.29 is 13.9 Å². The molecular formula is C18H16FNO2S2. The summed E-state index contributed by atoms with van der Waals surface area (Å²) in [6.07, 6.45) is 0. The Kier molecular flexibility index (Phi) is 5.16. The molecule has 0 fully saturated rings. The number of fused-ring (bicyclic) bond motifs is 1. The molecule has 0 saturated heterocycles. The van der Waals surface area contributed by atoms with Crippen molar-refractivity contribution in [2.45, 2.75) is 17.1 Å². The molecule has 3 nitrogen and oxygen atoms in total. The number of nitrogens with zero attached hydrogens (tertiary/aromatic N) is 1. The van der Waals surface area contributed by atoms with Crippen molar-refractivity contribution in [2.24, 2.45) is 0 Å². The fraction of sp³-hybridized carbons (Fsp3) is 0.222. The maximum Gasteiger partial charge on any atom is 0.325 e. The lowest BCUT2D eigenvalue weighted by atomic mass is 10.1. The van der Waals surface area contributed by atoms with Gasteiger partial charge in [0.05, 0.1) is 17.5 Å². The molecule has 24 heavy (non-hydrogen) atoms. The van der Waals surface area contributed by atoms with Crippen LogP contribution in [0.1, 0.15) is 17.7 Å². The van der Waals surface area contributed by atoms with E-state index >= 15 is 0 Å². The van der Waals surface area contributed by atoms with Gasteiger partial charge < -0.3 is 9.64 Å². The van der Waals surface area contributed by atoms with Crippen LogP contribution in [0.4, 0.5) is 10.1 Å². The molecular weight excluding hydrogens is 345 g/mol. The average Bonchev–Trinajstić information content (AvgIpc) is 2.58. The molecule has 0 aliphatic carbocycles. The summed E-state index contributed by atoms with van der Waals surface area (Å²) in [4.78, 5) is 15.2. The van der Waals surface area contributed by atoms with Gasteiger partial charge in [0.2, 0.25) is 0 Å². The Hall–Kier alpha value is -1.92. The minimum absolute atomic E-state index is 0.0230. The molecule has 2 aromatic carbocycles. The minimum atomic E-state index is -0.356. The normalized spacial score (nSPS) is 16.7. The van der Waals surface area contributed by atoms with E-state index in [4.69, 9.17) is 17.0 Å². The number of thiocarbonyl (C=S) groups is 1. The summed E-state index contributed by atoms with van der Waals surface area (Å²) < 4.78 is 19.3. The molecule has 0 bridgehead atoms. The van der Waals surface area contributed by atoms with E-state index in [2.05, 4.69) is 0 Å². The zero-order valence-corrected chi connectivity index (χ0v) is 14.7. The first kappa shape index (κ1) is 16.9. The number of halogens is 1. The first-order valence-corrected chi connectivity index (χ1v) is 8.87. The van der Waals surface area contributed by atoms with Crippen LogP contribution in [0.2, 0.25) is 0 Å². The molecule has 0 saturated carbocycles. The highest BCUT2D eigenvalue weighted by Gasteiger charge is 2.33. The largest absolute Gasteiger partial charge is 0.465 e. The molecule has 0 radical (unpaired) electrons. The molecule has 0 amide bonds. The van der Waals surface area contributed by atoms with Gasteiger partial charge in [-0.15, -0.1) is 11.8 Å². The lowest BCUT2D eigenvalue weighted by Crippen LogP contribution is -2.40. The lowest BCUT2D eigenvalue weighted by molar-refractivity contribution is -0.141. The number of rotatable bonds is 4. The summed E-state index contributed by atoms with van der Waals surface area (Å²) in [6.45, 7) is 2.10. The van der Waals surface area contributed by atoms with Crippen LogP contribution in [-0.2, 0) is 9.53 Å². The maximum atomic E-state index is 14.3. The van der Waals surface area contributed by atoms with Crippen LogP contribution < -0.4 is 4.90 Å². The number of esters is 1. The number of para-hydroxylation sites is 1. The average molecular weight is 361 g/mol. The fourth-order valence-electron chi connectivity index (χ4n) is 2.60. The van der Waals surface area contributed by atoms with E-state index in [1.807, 2.05) is 24.3 Å². The number of hydrogen-bond donors (Lipinski definition) is 0. The molecule has 2 aromatic rings. The van der Waals surface area contributed by atoms with Crippen molar-refractivity contribution >= 4 is 40.6 Å². The molecule has 3 rings (SSSR count).